The summed E-state index contributed by atoms with van der Waals surface area (Å²) in [6.45, 7) is 59.4. The standard InChI is InChI=1S/2C19H31N.C17H21NO.C17H27N.C15H18N2OS.C15H23N.C14H21N.C13H19N/c2*1-15-9-11-18(12-10-15)19(4,5)13-14-20-16(2)7-6-8-17(20)3;1-14-7-9-15(10-8-14)17(2,3)11-13-18-12-5-4-6-16(18)19;1-4-18(5-2)14-13-17(11-6-12-17)16-9-7-15(3)8-10-16;1-11-4-6-12(7-5-11)15(2,3)10-13(18)17-14-16-8-9-19-14;1-13-5-7-14(8-6-13)15(9-4-10-15)11-12-16(2)3;1-12-4-6-13(7-5-12)14(8-3-9-14)10-11-15-2;1-11-3-5-12(6-4-11)13(9-10-14)7-2-8-13/h2*9-12,16-17H,6-8,13-14H2,1-5H3;4-10,12H,11,13H2,1-3H3;7-10H,4-6,11-14H2,1-3H3;4-9H,10H2,1-3H3,(H,16,17,18);5-8H,4,9-12H2,1-3H3;4-7,15H,3,8-11H2,1-2H3;3-6H,2,7-10,14H2,1H3. The number of amides is 1. The van der Waals surface area contributed by atoms with Crippen LogP contribution in [0.25, 0.3) is 0 Å². The Morgan fingerprint density at radius 3 is 1.00 bits per heavy atom. The SMILES string of the molecule is CCN(CC)CCC1(c2ccc(C)cc2)CCC1.CNCCC1(c2ccc(C)cc2)CCC1.Cc1ccc(C(C)(C)CC(=O)Nc2nccs2)cc1.Cc1ccc(C(C)(C)CCN2C(C)CCCC2C)cc1.Cc1ccc(C(C)(C)CCN2C(C)CCCC2C)cc1.Cc1ccc(C(C)(C)CCn2ccccc2=O)cc1.Cc1ccc(C2(CCN(C)C)CCC2)cc1.Cc1ccc(C2(CCN)CCC2)cc1. The highest BCUT2D eigenvalue weighted by molar-refractivity contribution is 7.13. The Balaban J connectivity index is 0.000000180. The molecule has 8 aromatic carbocycles. The average Bonchev–Trinajstić information content (AvgIpc) is 1.33. The first-order valence-electron chi connectivity index (χ1n) is 54.8. The summed E-state index contributed by atoms with van der Waals surface area (Å²) in [5.41, 5.74) is 30.4. The lowest BCUT2D eigenvalue weighted by Gasteiger charge is -2.44. The maximum atomic E-state index is 12.0. The van der Waals surface area contributed by atoms with Gasteiger partial charge in [-0.15, -0.1) is 11.3 Å². The van der Waals surface area contributed by atoms with Crippen LogP contribution in [0.15, 0.2) is 235 Å². The third kappa shape index (κ3) is 35.5. The monoisotopic (exact) mass is 1930 g/mol. The van der Waals surface area contributed by atoms with Crippen molar-refractivity contribution < 1.29 is 4.79 Å². The Labute approximate surface area is 863 Å². The zero-order valence-electron chi connectivity index (χ0n) is 93.0. The van der Waals surface area contributed by atoms with Gasteiger partial charge in [-0.3, -0.25) is 19.4 Å². The van der Waals surface area contributed by atoms with Crippen LogP contribution in [0.4, 0.5) is 5.13 Å². The molecule has 2 aromatic heterocycles. The number of piperidine rings is 2. The molecule has 4 unspecified atom stereocenters. The predicted octanol–water partition coefficient (Wildman–Crippen LogP) is 30.4. The van der Waals surface area contributed by atoms with E-state index >= 15 is 0 Å². The number of pyridine rings is 1. The van der Waals surface area contributed by atoms with Crippen LogP contribution in [-0.4, -0.2) is 133 Å². The van der Waals surface area contributed by atoms with Crippen LogP contribution in [0.3, 0.4) is 0 Å². The number of anilines is 1. The third-order valence-electron chi connectivity index (χ3n) is 33.4. The number of hydrogen-bond acceptors (Lipinski definition) is 10. The van der Waals surface area contributed by atoms with Gasteiger partial charge < -0.3 is 30.7 Å². The smallest absolute Gasteiger partial charge is 0.250 e. The van der Waals surface area contributed by atoms with Gasteiger partial charge in [0.1, 0.15) is 0 Å². The molecule has 770 valence electrons. The summed E-state index contributed by atoms with van der Waals surface area (Å²) >= 11 is 1.43. The van der Waals surface area contributed by atoms with Crippen LogP contribution in [-0.2, 0) is 54.7 Å². The molecule has 11 nitrogen and oxygen atoms in total. The summed E-state index contributed by atoms with van der Waals surface area (Å²) < 4.78 is 1.77. The van der Waals surface area contributed by atoms with E-state index in [0.717, 1.165) is 56.6 Å². The molecule has 6 fully saturated rings. The lowest BCUT2D eigenvalue weighted by atomic mass is 9.62. The van der Waals surface area contributed by atoms with Crippen LogP contribution in [0, 0.1) is 55.4 Å². The molecule has 1 amide bonds. The summed E-state index contributed by atoms with van der Waals surface area (Å²) in [6, 6.07) is 80.1. The Morgan fingerprint density at radius 1 is 0.411 bits per heavy atom. The van der Waals surface area contributed by atoms with Gasteiger partial charge in [0.15, 0.2) is 5.13 Å². The van der Waals surface area contributed by atoms with Crippen molar-refractivity contribution in [2.45, 2.75) is 393 Å². The minimum Gasteiger partial charge on any atom is -0.330 e. The van der Waals surface area contributed by atoms with E-state index in [2.05, 4.69) is 396 Å². The maximum absolute atomic E-state index is 12.0. The summed E-state index contributed by atoms with van der Waals surface area (Å²) in [5.74, 6) is 0.000486. The Hall–Kier alpha value is -8.43. The van der Waals surface area contributed by atoms with E-state index in [-0.39, 0.29) is 33.1 Å². The van der Waals surface area contributed by atoms with Crippen LogP contribution >= 0.6 is 11.3 Å². The van der Waals surface area contributed by atoms with Gasteiger partial charge in [-0.25, -0.2) is 4.98 Å². The molecule has 4 saturated carbocycles. The first kappa shape index (κ1) is 116. The van der Waals surface area contributed by atoms with E-state index in [1.165, 1.54) is 271 Å². The second kappa shape index (κ2) is 55.8. The van der Waals surface area contributed by atoms with Gasteiger partial charge in [0.05, 0.1) is 0 Å². The number of carbonyl (C=O) groups excluding carboxylic acids is 1. The number of hydrogen-bond donors (Lipinski definition) is 3. The zero-order chi connectivity index (χ0) is 103. The van der Waals surface area contributed by atoms with E-state index in [1.807, 2.05) is 24.7 Å². The fourth-order valence-electron chi connectivity index (χ4n) is 21.9. The predicted molar refractivity (Wildman–Crippen MR) is 610 cm³/mol. The highest BCUT2D eigenvalue weighted by Gasteiger charge is 2.42. The largest absolute Gasteiger partial charge is 0.330 e. The molecular formula is C129H191N9O2S. The molecule has 12 heteroatoms. The molecule has 4 heterocycles. The first-order valence-corrected chi connectivity index (χ1v) is 55.7. The molecule has 6 aliphatic rings. The second-order valence-corrected chi connectivity index (χ2v) is 47.4. The van der Waals surface area contributed by atoms with Gasteiger partial charge in [0.2, 0.25) is 11.5 Å². The second-order valence-electron chi connectivity index (χ2n) is 46.5. The molecule has 0 radical (unpaired) electrons. The van der Waals surface area contributed by atoms with Crippen molar-refractivity contribution in [3.05, 3.63) is 329 Å². The quantitative estimate of drug-likeness (QED) is 0.0370. The van der Waals surface area contributed by atoms with Crippen molar-refractivity contribution in [1.29, 1.82) is 0 Å². The van der Waals surface area contributed by atoms with Crippen molar-refractivity contribution in [3.63, 3.8) is 0 Å². The van der Waals surface area contributed by atoms with Crippen LogP contribution in [0.2, 0.25) is 0 Å². The fraction of sp³-hybridized carbons (Fsp3) is 0.558. The van der Waals surface area contributed by atoms with Gasteiger partial charge in [-0.05, 0) is 372 Å². The number of thiazole rings is 1. The molecule has 0 spiro atoms. The van der Waals surface area contributed by atoms with E-state index in [9.17, 15) is 9.59 Å². The van der Waals surface area contributed by atoms with Crippen LogP contribution < -0.4 is 21.9 Å². The number of nitrogens with zero attached hydrogens (tertiary/aromatic N) is 6. The van der Waals surface area contributed by atoms with Gasteiger partial charge in [-0.2, -0.15) is 0 Å². The molecule has 0 bridgehead atoms. The lowest BCUT2D eigenvalue weighted by Crippen LogP contribution is -2.45. The van der Waals surface area contributed by atoms with Crippen molar-refractivity contribution >= 4 is 22.4 Å². The van der Waals surface area contributed by atoms with E-state index in [1.54, 1.807) is 39.6 Å². The van der Waals surface area contributed by atoms with Gasteiger partial charge >= 0.3 is 0 Å². The molecule has 141 heavy (non-hydrogen) atoms. The maximum Gasteiger partial charge on any atom is 0.250 e. The number of aryl methyl sites for hydroxylation is 9. The van der Waals surface area contributed by atoms with Crippen LogP contribution in [0.5, 0.6) is 0 Å². The molecule has 2 aliphatic heterocycles. The highest BCUT2D eigenvalue weighted by atomic mass is 32.1. The summed E-state index contributed by atoms with van der Waals surface area (Å²) in [5, 5.41) is 8.61. The molecule has 4 atom stereocenters. The van der Waals surface area contributed by atoms with Crippen molar-refractivity contribution in [2.24, 2.45) is 5.73 Å². The summed E-state index contributed by atoms with van der Waals surface area (Å²) in [6.07, 6.45) is 37.3. The molecule has 16 rings (SSSR count). The Bertz CT molecular complexity index is 5140. The van der Waals surface area contributed by atoms with Crippen molar-refractivity contribution in [2.75, 3.05) is 78.8 Å². The molecular weight excluding hydrogens is 1740 g/mol. The van der Waals surface area contributed by atoms with E-state index < -0.39 is 0 Å². The molecule has 2 saturated heterocycles. The number of rotatable bonds is 33. The number of nitrogens with one attached hydrogen (secondary N) is 2. The Morgan fingerprint density at radius 2 is 0.716 bits per heavy atom. The number of aromatic nitrogens is 2. The van der Waals surface area contributed by atoms with Gasteiger partial charge in [0.25, 0.3) is 0 Å². The minimum atomic E-state index is -0.185. The highest BCUT2D eigenvalue weighted by Crippen LogP contribution is 2.50. The lowest BCUT2D eigenvalue weighted by molar-refractivity contribution is -0.117. The first-order chi connectivity index (χ1) is 67.1. The number of likely N-dealkylation sites (tertiary alicyclic amines) is 2. The van der Waals surface area contributed by atoms with Crippen molar-refractivity contribution in [1.82, 2.24) is 34.5 Å². The fourth-order valence-corrected chi connectivity index (χ4v) is 22.4. The molecule has 4 N–H and O–H groups in total. The number of carbonyl (C=O) groups is 1. The number of benzene rings is 8. The normalized spacial score (nSPS) is 18.4. The topological polar surface area (TPSA) is 115 Å². The van der Waals surface area contributed by atoms with E-state index in [4.69, 9.17) is 5.73 Å². The summed E-state index contributed by atoms with van der Waals surface area (Å²) in [7, 11) is 6.38. The minimum absolute atomic E-state index is 0.000486. The van der Waals surface area contributed by atoms with Crippen molar-refractivity contribution in [3.8, 4) is 0 Å². The zero-order valence-corrected chi connectivity index (χ0v) is 93.8. The third-order valence-corrected chi connectivity index (χ3v) is 34.1. The molecule has 4 aliphatic carbocycles. The van der Waals surface area contributed by atoms with E-state index in [0.29, 0.717) is 33.2 Å². The Kier molecular flexibility index (Phi) is 45.9. The van der Waals surface area contributed by atoms with Gasteiger partial charge in [0, 0.05) is 61.0 Å². The van der Waals surface area contributed by atoms with Crippen LogP contribution in [0.1, 0.15) is 353 Å². The average molecular weight is 1930 g/mol. The number of nitrogens with two attached hydrogens (primary N) is 1. The molecule has 10 aromatic rings. The van der Waals surface area contributed by atoms with Gasteiger partial charge in [-0.1, -0.05) is 352 Å². The summed E-state index contributed by atoms with van der Waals surface area (Å²) in [4.78, 5) is 38.1.